The fourth-order valence-corrected chi connectivity index (χ4v) is 3.72. The molecule has 3 aromatic rings. The normalized spacial score (nSPS) is 15.2. The van der Waals surface area contributed by atoms with Crippen molar-refractivity contribution in [2.45, 2.75) is 0 Å². The Bertz CT molecular complexity index is 990. The van der Waals surface area contributed by atoms with Crippen molar-refractivity contribution >= 4 is 34.2 Å². The average molecular weight is 382 g/mol. The molecule has 0 aliphatic carbocycles. The molecule has 0 atom stereocenters. The summed E-state index contributed by atoms with van der Waals surface area (Å²) in [6, 6.07) is 14.9. The van der Waals surface area contributed by atoms with Gasteiger partial charge in [-0.1, -0.05) is 41.9 Å². The van der Waals surface area contributed by atoms with Crippen LogP contribution in [0.1, 0.15) is 20.7 Å². The monoisotopic (exact) mass is 381 g/mol. The lowest BCUT2D eigenvalue weighted by molar-refractivity contribution is 0.0625. The third-order valence-electron chi connectivity index (χ3n) is 5.02. The summed E-state index contributed by atoms with van der Waals surface area (Å²) in [4.78, 5) is 32.4. The molecule has 6 heteroatoms. The van der Waals surface area contributed by atoms with Gasteiger partial charge in [-0.3, -0.25) is 14.5 Å². The number of fused-ring (bicyclic) bond motifs is 1. The van der Waals surface area contributed by atoms with Gasteiger partial charge in [-0.25, -0.2) is 0 Å². The SMILES string of the molecule is O=C(CN1CCN(C(=O)c2ccccc2Cl)CC1)c1c[nH]c2ccccc12. The van der Waals surface area contributed by atoms with E-state index in [1.807, 2.05) is 36.4 Å². The van der Waals surface area contributed by atoms with Crippen molar-refractivity contribution in [1.82, 2.24) is 14.8 Å². The fraction of sp³-hybridized carbons (Fsp3) is 0.238. The van der Waals surface area contributed by atoms with E-state index in [4.69, 9.17) is 11.6 Å². The summed E-state index contributed by atoms with van der Waals surface area (Å²) in [5.74, 6) is 0.0431. The Morgan fingerprint density at radius 1 is 0.926 bits per heavy atom. The molecule has 0 spiro atoms. The zero-order valence-electron chi connectivity index (χ0n) is 14.8. The number of nitrogens with zero attached hydrogens (tertiary/aromatic N) is 2. The zero-order chi connectivity index (χ0) is 18.8. The van der Waals surface area contributed by atoms with Gasteiger partial charge in [-0.2, -0.15) is 0 Å². The molecule has 27 heavy (non-hydrogen) atoms. The highest BCUT2D eigenvalue weighted by Crippen LogP contribution is 2.20. The summed E-state index contributed by atoms with van der Waals surface area (Å²) < 4.78 is 0. The molecule has 1 fully saturated rings. The molecular weight excluding hydrogens is 362 g/mol. The first-order valence-electron chi connectivity index (χ1n) is 8.99. The molecule has 138 valence electrons. The van der Waals surface area contributed by atoms with Crippen molar-refractivity contribution in [2.24, 2.45) is 0 Å². The summed E-state index contributed by atoms with van der Waals surface area (Å²) in [6.45, 7) is 2.88. The number of aromatic nitrogens is 1. The number of amides is 1. The number of halogens is 1. The predicted octanol–water partition coefficient (Wildman–Crippen LogP) is 3.46. The molecule has 1 aromatic heterocycles. The van der Waals surface area contributed by atoms with Crippen LogP contribution >= 0.6 is 11.6 Å². The topological polar surface area (TPSA) is 56.4 Å². The maximum absolute atomic E-state index is 12.7. The number of hydrogen-bond acceptors (Lipinski definition) is 3. The van der Waals surface area contributed by atoms with E-state index in [0.717, 1.165) is 16.5 Å². The van der Waals surface area contributed by atoms with Crippen LogP contribution in [0.4, 0.5) is 0 Å². The van der Waals surface area contributed by atoms with E-state index in [1.165, 1.54) is 0 Å². The molecule has 1 aliphatic heterocycles. The number of para-hydroxylation sites is 1. The van der Waals surface area contributed by atoms with Gasteiger partial charge in [0, 0.05) is 48.8 Å². The second-order valence-electron chi connectivity index (χ2n) is 6.72. The number of aromatic amines is 1. The minimum Gasteiger partial charge on any atom is -0.360 e. The molecule has 0 radical (unpaired) electrons. The van der Waals surface area contributed by atoms with Gasteiger partial charge in [0.05, 0.1) is 17.1 Å². The Balaban J connectivity index is 1.37. The van der Waals surface area contributed by atoms with Crippen LogP contribution in [0.15, 0.2) is 54.7 Å². The number of nitrogens with one attached hydrogen (secondary N) is 1. The van der Waals surface area contributed by atoms with Gasteiger partial charge in [-0.15, -0.1) is 0 Å². The fourth-order valence-electron chi connectivity index (χ4n) is 3.50. The Morgan fingerprint density at radius 2 is 1.63 bits per heavy atom. The number of rotatable bonds is 4. The Kier molecular flexibility index (Phi) is 4.97. The lowest BCUT2D eigenvalue weighted by atomic mass is 10.1. The molecule has 0 saturated carbocycles. The Morgan fingerprint density at radius 3 is 2.41 bits per heavy atom. The molecular formula is C21H20ClN3O2. The van der Waals surface area contributed by atoms with E-state index in [9.17, 15) is 9.59 Å². The minimum absolute atomic E-state index is 0.0526. The van der Waals surface area contributed by atoms with Gasteiger partial charge < -0.3 is 9.88 Å². The lowest BCUT2D eigenvalue weighted by Gasteiger charge is -2.34. The van der Waals surface area contributed by atoms with Gasteiger partial charge in [0.2, 0.25) is 0 Å². The lowest BCUT2D eigenvalue weighted by Crippen LogP contribution is -2.49. The molecule has 1 amide bonds. The Hall–Kier alpha value is -2.63. The van der Waals surface area contributed by atoms with Gasteiger partial charge in [0.1, 0.15) is 0 Å². The van der Waals surface area contributed by atoms with Crippen molar-refractivity contribution in [2.75, 3.05) is 32.7 Å². The third kappa shape index (κ3) is 3.61. The van der Waals surface area contributed by atoms with Crippen molar-refractivity contribution < 1.29 is 9.59 Å². The Labute approximate surface area is 162 Å². The molecule has 2 heterocycles. The number of benzene rings is 2. The third-order valence-corrected chi connectivity index (χ3v) is 5.35. The molecule has 1 aliphatic rings. The van der Waals surface area contributed by atoms with Crippen LogP contribution in [0.3, 0.4) is 0 Å². The number of hydrogen-bond donors (Lipinski definition) is 1. The van der Waals surface area contributed by atoms with Crippen molar-refractivity contribution in [3.8, 4) is 0 Å². The van der Waals surface area contributed by atoms with Crippen LogP contribution in [0, 0.1) is 0 Å². The molecule has 2 aromatic carbocycles. The van der Waals surface area contributed by atoms with Gasteiger partial charge in [0.25, 0.3) is 5.91 Å². The van der Waals surface area contributed by atoms with Gasteiger partial charge in [0.15, 0.2) is 5.78 Å². The number of carbonyl (C=O) groups excluding carboxylic acids is 2. The molecule has 4 rings (SSSR count). The first kappa shape index (κ1) is 17.8. The van der Waals surface area contributed by atoms with E-state index < -0.39 is 0 Å². The minimum atomic E-state index is -0.0526. The highest BCUT2D eigenvalue weighted by molar-refractivity contribution is 6.33. The largest absolute Gasteiger partial charge is 0.360 e. The molecule has 5 nitrogen and oxygen atoms in total. The van der Waals surface area contributed by atoms with Crippen molar-refractivity contribution in [1.29, 1.82) is 0 Å². The summed E-state index contributed by atoms with van der Waals surface area (Å²) in [7, 11) is 0. The zero-order valence-corrected chi connectivity index (χ0v) is 15.6. The van der Waals surface area contributed by atoms with Crippen LogP contribution in [-0.2, 0) is 0 Å². The van der Waals surface area contributed by atoms with Crippen LogP contribution in [0.25, 0.3) is 10.9 Å². The summed E-state index contributed by atoms with van der Waals surface area (Å²) in [5, 5.41) is 1.43. The quantitative estimate of drug-likeness (QED) is 0.704. The molecule has 0 unspecified atom stereocenters. The van der Waals surface area contributed by atoms with Crippen LogP contribution in [0.5, 0.6) is 0 Å². The number of H-pyrrole nitrogens is 1. The molecule has 0 bridgehead atoms. The van der Waals surface area contributed by atoms with Crippen molar-refractivity contribution in [3.05, 3.63) is 70.9 Å². The van der Waals surface area contributed by atoms with Crippen molar-refractivity contribution in [3.63, 3.8) is 0 Å². The predicted molar refractivity (Wildman–Crippen MR) is 106 cm³/mol. The first-order valence-corrected chi connectivity index (χ1v) is 9.37. The standard InChI is InChI=1S/C21H20ClN3O2/c22-18-7-3-1-6-16(18)21(27)25-11-9-24(10-12-25)14-20(26)17-13-23-19-8-4-2-5-15(17)19/h1-8,13,23H,9-12,14H2. The smallest absolute Gasteiger partial charge is 0.255 e. The highest BCUT2D eigenvalue weighted by atomic mass is 35.5. The number of Topliss-reactive ketones (excluding diaryl/α,β-unsaturated/α-hetero) is 1. The van der Waals surface area contributed by atoms with Crippen LogP contribution in [-0.4, -0.2) is 59.2 Å². The van der Waals surface area contributed by atoms with Gasteiger partial charge >= 0.3 is 0 Å². The van der Waals surface area contributed by atoms with E-state index in [-0.39, 0.29) is 11.7 Å². The molecule has 1 N–H and O–H groups in total. The number of ketones is 1. The average Bonchev–Trinajstić information content (AvgIpc) is 3.13. The summed E-state index contributed by atoms with van der Waals surface area (Å²) >= 11 is 6.14. The highest BCUT2D eigenvalue weighted by Gasteiger charge is 2.25. The maximum Gasteiger partial charge on any atom is 0.255 e. The number of piperazine rings is 1. The second kappa shape index (κ2) is 7.55. The first-order chi connectivity index (χ1) is 13.1. The van der Waals surface area contributed by atoms with Crippen LogP contribution < -0.4 is 0 Å². The van der Waals surface area contributed by atoms with Gasteiger partial charge in [-0.05, 0) is 18.2 Å². The van der Waals surface area contributed by atoms with E-state index in [2.05, 4.69) is 9.88 Å². The van der Waals surface area contributed by atoms with E-state index >= 15 is 0 Å². The van der Waals surface area contributed by atoms with E-state index in [0.29, 0.717) is 43.3 Å². The molecule has 1 saturated heterocycles. The second-order valence-corrected chi connectivity index (χ2v) is 7.13. The maximum atomic E-state index is 12.7. The summed E-state index contributed by atoms with van der Waals surface area (Å²) in [5.41, 5.74) is 2.22. The summed E-state index contributed by atoms with van der Waals surface area (Å²) in [6.07, 6.45) is 1.78. The van der Waals surface area contributed by atoms with Crippen LogP contribution in [0.2, 0.25) is 5.02 Å². The van der Waals surface area contributed by atoms with E-state index in [1.54, 1.807) is 23.2 Å². The number of carbonyl (C=O) groups is 2.